The number of hydrogen-bond acceptors (Lipinski definition) is 5. The minimum absolute atomic E-state index is 0.158. The zero-order valence-electron chi connectivity index (χ0n) is 42.9. The van der Waals surface area contributed by atoms with Gasteiger partial charge in [-0.1, -0.05) is 206 Å². The first-order valence-electron chi connectivity index (χ1n) is 27.1. The molecule has 0 amide bonds. The summed E-state index contributed by atoms with van der Waals surface area (Å²) in [6.07, 6.45) is 0. The molecule has 0 spiro atoms. The maximum Gasteiger partial charge on any atom is 0.256 e. The van der Waals surface area contributed by atoms with Gasteiger partial charge in [0.25, 0.3) is 13.4 Å². The lowest BCUT2D eigenvalue weighted by Crippen LogP contribution is -2.63. The van der Waals surface area contributed by atoms with Crippen LogP contribution in [0.3, 0.4) is 0 Å². The van der Waals surface area contributed by atoms with E-state index in [2.05, 4.69) is 300 Å². The molecule has 0 bridgehead atoms. The fourth-order valence-electron chi connectivity index (χ4n) is 13.0. The Morgan fingerprint density at radius 3 is 1.33 bits per heavy atom. The van der Waals surface area contributed by atoms with E-state index in [0.717, 1.165) is 129 Å². The van der Waals surface area contributed by atoms with Gasteiger partial charge < -0.3 is 24.2 Å². The molecule has 0 saturated heterocycles. The Hall–Kier alpha value is -10.2. The minimum atomic E-state index is -0.180. The Morgan fingerprint density at radius 1 is 0.253 bits per heavy atom. The number of ether oxygens (including phenoxy) is 2. The van der Waals surface area contributed by atoms with Gasteiger partial charge in [-0.3, -0.25) is 0 Å². The molecule has 4 heterocycles. The Balaban J connectivity index is 0.978. The zero-order chi connectivity index (χ0) is 52.0. The van der Waals surface area contributed by atoms with Crippen LogP contribution in [0, 0.1) is 0 Å². The summed E-state index contributed by atoms with van der Waals surface area (Å²) in [5.41, 5.74) is 23.3. The average Bonchev–Trinajstić information content (AvgIpc) is 3.57. The summed E-state index contributed by atoms with van der Waals surface area (Å²) in [5.74, 6) is 3.36. The quantitative estimate of drug-likeness (QED) is 0.141. The minimum Gasteiger partial charge on any atom is -0.458 e. The van der Waals surface area contributed by atoms with Crippen molar-refractivity contribution in [2.75, 3.05) is 14.7 Å². The fraction of sp³-hybridized carbons (Fsp3) is 0. The van der Waals surface area contributed by atoms with Gasteiger partial charge in [-0.05, 0) is 122 Å². The summed E-state index contributed by atoms with van der Waals surface area (Å²) < 4.78 is 14.9. The van der Waals surface area contributed by atoms with E-state index >= 15 is 0 Å². The summed E-state index contributed by atoms with van der Waals surface area (Å²) >= 11 is 0. The van der Waals surface area contributed by atoms with Crippen molar-refractivity contribution in [1.82, 2.24) is 0 Å². The van der Waals surface area contributed by atoms with Crippen LogP contribution in [0.4, 0.5) is 51.2 Å². The first-order chi connectivity index (χ1) is 39.2. The predicted molar refractivity (Wildman–Crippen MR) is 329 cm³/mol. The van der Waals surface area contributed by atoms with Gasteiger partial charge in [0.15, 0.2) is 0 Å². The monoisotopic (exact) mass is 1010 g/mol. The molecular weight excluding hydrogens is 960 g/mol. The van der Waals surface area contributed by atoms with Gasteiger partial charge >= 0.3 is 0 Å². The van der Waals surface area contributed by atoms with E-state index in [1.165, 1.54) is 10.9 Å². The van der Waals surface area contributed by atoms with Gasteiger partial charge in [0.05, 0.1) is 17.1 Å². The van der Waals surface area contributed by atoms with Crippen LogP contribution in [0.5, 0.6) is 23.0 Å². The third-order valence-electron chi connectivity index (χ3n) is 16.3. The van der Waals surface area contributed by atoms with Gasteiger partial charge in [0, 0.05) is 57.4 Å². The van der Waals surface area contributed by atoms with Crippen LogP contribution in [0.1, 0.15) is 0 Å². The second-order valence-corrected chi connectivity index (χ2v) is 20.7. The van der Waals surface area contributed by atoms with Crippen LogP contribution in [-0.2, 0) is 0 Å². The molecule has 4 aliphatic heterocycles. The van der Waals surface area contributed by atoms with Crippen LogP contribution >= 0.6 is 0 Å². The Bertz CT molecular complexity index is 4310. The number of nitrogens with zero attached hydrogens (tertiary/aromatic N) is 3. The van der Waals surface area contributed by atoms with Gasteiger partial charge in [0.1, 0.15) is 23.0 Å². The van der Waals surface area contributed by atoms with Crippen molar-refractivity contribution in [1.29, 1.82) is 0 Å². The highest BCUT2D eigenvalue weighted by Gasteiger charge is 2.47. The van der Waals surface area contributed by atoms with Crippen molar-refractivity contribution >= 4 is 97.4 Å². The van der Waals surface area contributed by atoms with E-state index in [1.807, 2.05) is 0 Å². The van der Waals surface area contributed by atoms with E-state index in [1.54, 1.807) is 0 Å². The molecule has 79 heavy (non-hydrogen) atoms. The van der Waals surface area contributed by atoms with Crippen molar-refractivity contribution in [2.24, 2.45) is 0 Å². The Morgan fingerprint density at radius 2 is 0.709 bits per heavy atom. The number of anilines is 9. The highest BCUT2D eigenvalue weighted by Crippen LogP contribution is 2.51. The van der Waals surface area contributed by atoms with Gasteiger partial charge in [-0.15, -0.1) is 0 Å². The normalized spacial score (nSPS) is 12.9. The molecule has 0 unspecified atom stereocenters. The molecule has 0 aliphatic carbocycles. The molecule has 16 rings (SSSR count). The van der Waals surface area contributed by atoms with E-state index in [4.69, 9.17) is 9.47 Å². The molecule has 12 aromatic carbocycles. The van der Waals surface area contributed by atoms with Crippen LogP contribution in [0.15, 0.2) is 285 Å². The molecule has 12 aromatic rings. The van der Waals surface area contributed by atoms with Gasteiger partial charge in [-0.2, -0.15) is 0 Å². The van der Waals surface area contributed by atoms with Crippen molar-refractivity contribution in [3.8, 4) is 56.4 Å². The highest BCUT2D eigenvalue weighted by molar-refractivity contribution is 7.02. The Labute approximate surface area is 460 Å². The average molecular weight is 1010 g/mol. The third-order valence-corrected chi connectivity index (χ3v) is 16.3. The molecule has 368 valence electrons. The predicted octanol–water partition coefficient (Wildman–Crippen LogP) is 15.0. The lowest BCUT2D eigenvalue weighted by Gasteiger charge is -2.44. The highest BCUT2D eigenvalue weighted by atomic mass is 16.5. The topological polar surface area (TPSA) is 28.2 Å². The molecule has 5 nitrogen and oxygen atoms in total. The van der Waals surface area contributed by atoms with Crippen LogP contribution in [0.2, 0.25) is 0 Å². The maximum absolute atomic E-state index is 7.62. The molecule has 0 N–H and O–H groups in total. The van der Waals surface area contributed by atoms with E-state index in [-0.39, 0.29) is 13.4 Å². The number of benzene rings is 12. The number of rotatable bonds is 8. The molecule has 0 radical (unpaired) electrons. The SMILES string of the molecule is c1ccc(-c2cc3c4c(c2)N(c2ccccc2-c2ccccc2)c2ccccc2B4c2cc4c(cc2O3)N(c2ccccc2-c2ccccc2)c2cc(N(c3ccccc3)c3ccccc3)cc3c2B4c2ccccc2O3)cc1. The number of hydrogen-bond donors (Lipinski definition) is 0. The zero-order valence-corrected chi connectivity index (χ0v) is 42.9. The van der Waals surface area contributed by atoms with Gasteiger partial charge in [-0.25, -0.2) is 0 Å². The van der Waals surface area contributed by atoms with E-state index in [0.29, 0.717) is 0 Å². The lowest BCUT2D eigenvalue weighted by molar-refractivity contribution is 0.487. The fourth-order valence-corrected chi connectivity index (χ4v) is 13.0. The smallest absolute Gasteiger partial charge is 0.256 e. The first kappa shape index (κ1) is 45.0. The van der Waals surface area contributed by atoms with Crippen LogP contribution < -0.4 is 57.0 Å². The largest absolute Gasteiger partial charge is 0.458 e. The summed E-state index contributed by atoms with van der Waals surface area (Å²) in [6.45, 7) is -0.338. The third kappa shape index (κ3) is 7.20. The van der Waals surface area contributed by atoms with E-state index in [9.17, 15) is 0 Å². The molecule has 0 saturated carbocycles. The van der Waals surface area contributed by atoms with E-state index < -0.39 is 0 Å². The molecule has 7 heteroatoms. The van der Waals surface area contributed by atoms with Gasteiger partial charge in [0.2, 0.25) is 0 Å². The standard InChI is InChI=1S/C72H47B2N3O2/c1-6-24-48(25-7-1)51-42-65-71-69(43-51)79-68-47-64-59(46-60(68)73(71)57-36-18-22-40-63(57)76(65)61-38-20-16-34-55(61)49-26-8-2-9-27-49)74-58-37-19-23-41-67(58)78-70-45-54(75(52-30-12-4-13-31-52)53-32-14-5-15-33-53)44-66(72(70)74)77(64)62-39-21-17-35-56(62)50-28-10-3-11-29-50/h1-47H. The first-order valence-corrected chi connectivity index (χ1v) is 27.1. The second-order valence-electron chi connectivity index (χ2n) is 20.7. The summed E-state index contributed by atoms with van der Waals surface area (Å²) in [7, 11) is 0. The number of para-hydroxylation sites is 6. The Kier molecular flexibility index (Phi) is 10.4. The second kappa shape index (κ2) is 18.2. The van der Waals surface area contributed by atoms with Crippen molar-refractivity contribution in [2.45, 2.75) is 0 Å². The molecule has 4 aliphatic rings. The maximum atomic E-state index is 7.62. The molecule has 0 fully saturated rings. The summed E-state index contributed by atoms with van der Waals surface area (Å²) in [4.78, 5) is 7.31. The summed E-state index contributed by atoms with van der Waals surface area (Å²) in [6, 6.07) is 103. The van der Waals surface area contributed by atoms with Crippen LogP contribution in [-0.4, -0.2) is 13.4 Å². The lowest BCUT2D eigenvalue weighted by atomic mass is 9.31. The molecule has 0 aromatic heterocycles. The summed E-state index contributed by atoms with van der Waals surface area (Å²) in [5, 5.41) is 0. The molecular formula is C72H47B2N3O2. The molecule has 0 atom stereocenters. The van der Waals surface area contributed by atoms with Crippen LogP contribution in [0.25, 0.3) is 33.4 Å². The van der Waals surface area contributed by atoms with Crippen molar-refractivity contribution in [3.05, 3.63) is 285 Å². The van der Waals surface area contributed by atoms with Crippen molar-refractivity contribution < 1.29 is 9.47 Å². The van der Waals surface area contributed by atoms with Crippen molar-refractivity contribution in [3.63, 3.8) is 0 Å². The number of fused-ring (bicyclic) bond motifs is 8.